The van der Waals surface area contributed by atoms with Crippen molar-refractivity contribution < 1.29 is 14.3 Å². The smallest absolute Gasteiger partial charge is 0.251 e. The zero-order valence-electron chi connectivity index (χ0n) is 18.6. The summed E-state index contributed by atoms with van der Waals surface area (Å²) in [5.74, 6) is 0.547. The van der Waals surface area contributed by atoms with Crippen molar-refractivity contribution in [3.8, 4) is 17.1 Å². The first-order chi connectivity index (χ1) is 15.7. The van der Waals surface area contributed by atoms with Gasteiger partial charge >= 0.3 is 0 Å². The number of hydrogen-bond donors (Lipinski definition) is 1. The van der Waals surface area contributed by atoms with E-state index in [4.69, 9.17) is 14.5 Å². The van der Waals surface area contributed by atoms with Crippen LogP contribution in [0.15, 0.2) is 43.2 Å². The van der Waals surface area contributed by atoms with E-state index in [1.165, 1.54) is 0 Å². The van der Waals surface area contributed by atoms with Gasteiger partial charge in [0.05, 0.1) is 31.2 Å². The van der Waals surface area contributed by atoms with Crippen LogP contribution in [0.2, 0.25) is 0 Å². The maximum atomic E-state index is 13.1. The van der Waals surface area contributed by atoms with E-state index in [0.29, 0.717) is 30.3 Å². The highest BCUT2D eigenvalue weighted by molar-refractivity contribution is 5.95. The molecule has 3 aromatic heterocycles. The molecule has 1 aliphatic carbocycles. The van der Waals surface area contributed by atoms with Gasteiger partial charge in [-0.2, -0.15) is 5.10 Å². The molecule has 0 bridgehead atoms. The van der Waals surface area contributed by atoms with Crippen LogP contribution in [0.5, 0.6) is 0 Å². The Morgan fingerprint density at radius 1 is 1.22 bits per heavy atom. The number of aromatic nitrogens is 5. The third-order valence-electron chi connectivity index (χ3n) is 5.75. The molecule has 3 heterocycles. The highest BCUT2D eigenvalue weighted by Crippen LogP contribution is 2.23. The fourth-order valence-electron chi connectivity index (χ4n) is 3.93. The number of amides is 1. The number of hydrogen-bond acceptors (Lipinski definition) is 6. The van der Waals surface area contributed by atoms with E-state index in [0.717, 1.165) is 37.8 Å². The predicted molar refractivity (Wildman–Crippen MR) is 120 cm³/mol. The van der Waals surface area contributed by atoms with Crippen molar-refractivity contribution >= 4 is 5.91 Å². The van der Waals surface area contributed by atoms with Gasteiger partial charge < -0.3 is 14.8 Å². The lowest BCUT2D eigenvalue weighted by Gasteiger charge is -2.29. The van der Waals surface area contributed by atoms with Gasteiger partial charge in [-0.05, 0) is 44.7 Å². The molecule has 0 aliphatic heterocycles. The summed E-state index contributed by atoms with van der Waals surface area (Å²) < 4.78 is 14.5. The molecular formula is C23H30N6O3. The van der Waals surface area contributed by atoms with Gasteiger partial charge in [0.15, 0.2) is 0 Å². The average Bonchev–Trinajstić information content (AvgIpc) is 3.52. The Bertz CT molecular complexity index is 1010. The largest absolute Gasteiger partial charge is 0.382 e. The first-order valence-electron chi connectivity index (χ1n) is 11.1. The van der Waals surface area contributed by atoms with E-state index in [1.807, 2.05) is 30.1 Å². The van der Waals surface area contributed by atoms with E-state index >= 15 is 0 Å². The third kappa shape index (κ3) is 5.41. The van der Waals surface area contributed by atoms with Crippen LogP contribution >= 0.6 is 0 Å². The number of ether oxygens (including phenoxy) is 2. The average molecular weight is 439 g/mol. The van der Waals surface area contributed by atoms with Crippen molar-refractivity contribution in [3.05, 3.63) is 48.8 Å². The van der Waals surface area contributed by atoms with Crippen LogP contribution in [-0.2, 0) is 16.0 Å². The molecule has 0 spiro atoms. The van der Waals surface area contributed by atoms with Crippen LogP contribution in [0, 0.1) is 0 Å². The second kappa shape index (κ2) is 10.5. The molecule has 1 amide bonds. The highest BCUT2D eigenvalue weighted by atomic mass is 16.5. The minimum Gasteiger partial charge on any atom is -0.382 e. The monoisotopic (exact) mass is 438 g/mol. The summed E-state index contributed by atoms with van der Waals surface area (Å²) >= 11 is 0. The normalized spacial score (nSPS) is 18.6. The van der Waals surface area contributed by atoms with Crippen molar-refractivity contribution in [2.75, 3.05) is 20.3 Å². The topological polar surface area (TPSA) is 96.1 Å². The second-order valence-corrected chi connectivity index (χ2v) is 7.96. The number of aryl methyl sites for hydroxylation is 1. The lowest BCUT2D eigenvalue weighted by molar-refractivity contribution is -0.00408. The van der Waals surface area contributed by atoms with Gasteiger partial charge in [-0.3, -0.25) is 14.0 Å². The summed E-state index contributed by atoms with van der Waals surface area (Å²) in [4.78, 5) is 22.0. The summed E-state index contributed by atoms with van der Waals surface area (Å²) in [6.45, 7) is 4.02. The molecule has 4 rings (SSSR count). The predicted octanol–water partition coefficient (Wildman–Crippen LogP) is 2.85. The van der Waals surface area contributed by atoms with Crippen molar-refractivity contribution in [2.45, 2.75) is 51.3 Å². The summed E-state index contributed by atoms with van der Waals surface area (Å²) in [6.07, 6.45) is 12.8. The standard InChI is InChI=1S/C23H30N6O3/c1-3-29-15-18(14-25-29)21-12-17(13-22(27-21)28-9-8-24-16-28)23(30)26-19-4-6-20(7-5-19)32-11-10-31-2/h8-9,12-16,19-20H,3-7,10-11H2,1-2H3,(H,26,30)/t19-,20-. The van der Waals surface area contributed by atoms with E-state index < -0.39 is 0 Å². The molecular weight excluding hydrogens is 408 g/mol. The molecule has 0 radical (unpaired) electrons. The highest BCUT2D eigenvalue weighted by Gasteiger charge is 2.24. The molecule has 9 nitrogen and oxygen atoms in total. The number of imidazole rings is 1. The molecule has 0 saturated heterocycles. The van der Waals surface area contributed by atoms with Crippen LogP contribution in [0.25, 0.3) is 17.1 Å². The van der Waals surface area contributed by atoms with Crippen molar-refractivity contribution in [3.63, 3.8) is 0 Å². The Kier molecular flexibility index (Phi) is 7.28. The molecule has 170 valence electrons. The lowest BCUT2D eigenvalue weighted by atomic mass is 9.92. The van der Waals surface area contributed by atoms with Gasteiger partial charge in [0.1, 0.15) is 12.1 Å². The number of pyridine rings is 1. The van der Waals surface area contributed by atoms with Crippen molar-refractivity contribution in [2.24, 2.45) is 0 Å². The van der Waals surface area contributed by atoms with Crippen molar-refractivity contribution in [1.82, 2.24) is 29.6 Å². The minimum atomic E-state index is -0.0957. The quantitative estimate of drug-likeness (QED) is 0.516. The molecule has 1 saturated carbocycles. The molecule has 1 N–H and O–H groups in total. The number of nitrogens with zero attached hydrogens (tertiary/aromatic N) is 5. The molecule has 32 heavy (non-hydrogen) atoms. The van der Waals surface area contributed by atoms with E-state index in [-0.39, 0.29) is 18.1 Å². The van der Waals surface area contributed by atoms with E-state index in [2.05, 4.69) is 15.4 Å². The zero-order chi connectivity index (χ0) is 22.3. The Balaban J connectivity index is 1.48. The van der Waals surface area contributed by atoms with Crippen LogP contribution in [0.3, 0.4) is 0 Å². The number of methoxy groups -OCH3 is 1. The zero-order valence-corrected chi connectivity index (χ0v) is 18.6. The van der Waals surface area contributed by atoms with E-state index in [1.54, 1.807) is 36.5 Å². The van der Waals surface area contributed by atoms with Crippen LogP contribution in [0.1, 0.15) is 43.0 Å². The maximum Gasteiger partial charge on any atom is 0.251 e. The molecule has 0 unspecified atom stereocenters. The lowest BCUT2D eigenvalue weighted by Crippen LogP contribution is -2.39. The minimum absolute atomic E-state index is 0.0957. The van der Waals surface area contributed by atoms with Gasteiger partial charge in [0.2, 0.25) is 0 Å². The summed E-state index contributed by atoms with van der Waals surface area (Å²) in [7, 11) is 1.67. The van der Waals surface area contributed by atoms with Crippen molar-refractivity contribution in [1.29, 1.82) is 0 Å². The first-order valence-corrected chi connectivity index (χ1v) is 11.1. The maximum absolute atomic E-state index is 13.1. The van der Waals surface area contributed by atoms with Crippen LogP contribution in [0.4, 0.5) is 0 Å². The number of nitrogens with one attached hydrogen (secondary N) is 1. The van der Waals surface area contributed by atoms with Gasteiger partial charge in [0, 0.05) is 49.4 Å². The van der Waals surface area contributed by atoms with Gasteiger partial charge in [-0.1, -0.05) is 0 Å². The summed E-state index contributed by atoms with van der Waals surface area (Å²) in [6, 6.07) is 3.76. The fraction of sp³-hybridized carbons (Fsp3) is 0.478. The summed E-state index contributed by atoms with van der Waals surface area (Å²) in [5, 5.41) is 7.54. The Morgan fingerprint density at radius 3 is 2.75 bits per heavy atom. The molecule has 0 atom stereocenters. The number of carbonyl (C=O) groups is 1. The molecule has 9 heteroatoms. The molecule has 1 fully saturated rings. The van der Waals surface area contributed by atoms with E-state index in [9.17, 15) is 4.79 Å². The van der Waals surface area contributed by atoms with Crippen LogP contribution in [-0.4, -0.2) is 62.7 Å². The summed E-state index contributed by atoms with van der Waals surface area (Å²) in [5.41, 5.74) is 2.15. The number of carbonyl (C=O) groups excluding carboxylic acids is 1. The molecule has 0 aromatic carbocycles. The second-order valence-electron chi connectivity index (χ2n) is 7.96. The Hall–Kier alpha value is -3.04. The Labute approximate surface area is 187 Å². The van der Waals surface area contributed by atoms with Gasteiger partial charge in [-0.25, -0.2) is 9.97 Å². The number of rotatable bonds is 9. The fourth-order valence-corrected chi connectivity index (χ4v) is 3.93. The first kappa shape index (κ1) is 22.2. The third-order valence-corrected chi connectivity index (χ3v) is 5.75. The Morgan fingerprint density at radius 2 is 2.06 bits per heavy atom. The van der Waals surface area contributed by atoms with Gasteiger partial charge in [0.25, 0.3) is 5.91 Å². The molecule has 3 aromatic rings. The van der Waals surface area contributed by atoms with Crippen LogP contribution < -0.4 is 5.32 Å². The SMILES string of the molecule is CCn1cc(-c2cc(C(=O)N[C@H]3CC[C@H](OCCOC)CC3)cc(-n3ccnc3)n2)cn1. The van der Waals surface area contributed by atoms with Gasteiger partial charge in [-0.15, -0.1) is 0 Å². The molecule has 1 aliphatic rings.